The van der Waals surface area contributed by atoms with Crippen molar-refractivity contribution < 1.29 is 19.5 Å². The summed E-state index contributed by atoms with van der Waals surface area (Å²) in [5.41, 5.74) is 2.04. The summed E-state index contributed by atoms with van der Waals surface area (Å²) in [5.74, 6) is -1.27. The van der Waals surface area contributed by atoms with Gasteiger partial charge in [0.05, 0.1) is 17.4 Å². The number of anilines is 2. The fourth-order valence-electron chi connectivity index (χ4n) is 4.09. The molecule has 6 nitrogen and oxygen atoms in total. The number of nitrogens with zero attached hydrogens (tertiary/aromatic N) is 2. The molecule has 3 aromatic carbocycles. The highest BCUT2D eigenvalue weighted by atomic mass is 79.9. The monoisotopic (exact) mass is 464 g/mol. The Kier molecular flexibility index (Phi) is 4.56. The van der Waals surface area contributed by atoms with Gasteiger partial charge in [-0.3, -0.25) is 14.4 Å². The number of benzene rings is 3. The second-order valence-electron chi connectivity index (χ2n) is 7.24. The Morgan fingerprint density at radius 2 is 1.53 bits per heavy atom. The fraction of sp³-hybridized carbons (Fsp3) is 0.130. The van der Waals surface area contributed by atoms with Gasteiger partial charge in [-0.05, 0) is 48.0 Å². The van der Waals surface area contributed by atoms with Crippen LogP contribution in [0.3, 0.4) is 0 Å². The first-order valence-electron chi connectivity index (χ1n) is 9.48. The van der Waals surface area contributed by atoms with Crippen LogP contribution in [-0.4, -0.2) is 23.0 Å². The smallest absolute Gasteiger partial charge is 0.266 e. The second-order valence-corrected chi connectivity index (χ2v) is 8.16. The maximum atomic E-state index is 13.5. The van der Waals surface area contributed by atoms with Crippen LogP contribution in [0.5, 0.6) is 5.75 Å². The van der Waals surface area contributed by atoms with Crippen molar-refractivity contribution in [2.24, 2.45) is 5.92 Å². The normalized spacial score (nSPS) is 23.2. The van der Waals surface area contributed by atoms with Gasteiger partial charge in [-0.2, -0.15) is 0 Å². The van der Waals surface area contributed by atoms with Crippen LogP contribution in [0.4, 0.5) is 11.4 Å². The average Bonchev–Trinajstić information content (AvgIpc) is 3.26. The first-order chi connectivity index (χ1) is 14.5. The molecule has 0 aromatic heterocycles. The number of carbonyl (C=O) groups excluding carboxylic acids is 2. The Balaban J connectivity index is 1.59. The van der Waals surface area contributed by atoms with E-state index in [9.17, 15) is 14.7 Å². The molecule has 2 saturated heterocycles. The van der Waals surface area contributed by atoms with Gasteiger partial charge >= 0.3 is 0 Å². The number of amides is 2. The number of para-hydroxylation sites is 1. The Hall–Kier alpha value is -3.16. The summed E-state index contributed by atoms with van der Waals surface area (Å²) in [6, 6.07) is 22.6. The molecule has 3 unspecified atom stereocenters. The van der Waals surface area contributed by atoms with Gasteiger partial charge in [-0.25, -0.2) is 9.96 Å². The van der Waals surface area contributed by atoms with E-state index in [1.54, 1.807) is 47.5 Å². The van der Waals surface area contributed by atoms with E-state index in [0.717, 1.165) is 15.7 Å². The first kappa shape index (κ1) is 18.8. The highest BCUT2D eigenvalue weighted by molar-refractivity contribution is 9.10. The zero-order valence-electron chi connectivity index (χ0n) is 15.7. The van der Waals surface area contributed by atoms with Crippen molar-refractivity contribution in [2.75, 3.05) is 9.96 Å². The number of hydroxylamine groups is 1. The van der Waals surface area contributed by atoms with Gasteiger partial charge in [0.1, 0.15) is 11.7 Å². The fourth-order valence-corrected chi connectivity index (χ4v) is 4.48. The molecule has 3 atom stereocenters. The molecule has 0 saturated carbocycles. The van der Waals surface area contributed by atoms with Gasteiger partial charge in [0.15, 0.2) is 6.10 Å². The lowest BCUT2D eigenvalue weighted by Gasteiger charge is -2.28. The molecule has 7 heteroatoms. The van der Waals surface area contributed by atoms with Gasteiger partial charge in [-0.15, -0.1) is 0 Å². The molecule has 1 N–H and O–H groups in total. The standard InChI is InChI=1S/C23H17BrN2O4/c24-15-5-4-8-17(13-15)25-22(28)19-20(14-9-11-18(27)12-10-14)26(30-21(19)23(25)29)16-6-2-1-3-7-16/h1-13,19-21,27H. The van der Waals surface area contributed by atoms with Crippen molar-refractivity contribution in [3.63, 3.8) is 0 Å². The molecule has 30 heavy (non-hydrogen) atoms. The first-order valence-corrected chi connectivity index (χ1v) is 10.3. The zero-order valence-corrected chi connectivity index (χ0v) is 17.3. The summed E-state index contributed by atoms with van der Waals surface area (Å²) in [5, 5.41) is 11.3. The third kappa shape index (κ3) is 2.98. The number of fused-ring (bicyclic) bond motifs is 1. The van der Waals surface area contributed by atoms with E-state index in [-0.39, 0.29) is 17.6 Å². The van der Waals surface area contributed by atoms with Crippen LogP contribution >= 0.6 is 15.9 Å². The van der Waals surface area contributed by atoms with Crippen molar-refractivity contribution in [1.82, 2.24) is 0 Å². The third-order valence-electron chi connectivity index (χ3n) is 5.43. The van der Waals surface area contributed by atoms with Crippen molar-refractivity contribution in [2.45, 2.75) is 12.1 Å². The lowest BCUT2D eigenvalue weighted by molar-refractivity contribution is -0.126. The molecule has 0 spiro atoms. The number of halogens is 1. The van der Waals surface area contributed by atoms with E-state index >= 15 is 0 Å². The van der Waals surface area contributed by atoms with Crippen LogP contribution in [0.1, 0.15) is 11.6 Å². The summed E-state index contributed by atoms with van der Waals surface area (Å²) in [6.45, 7) is 0. The lowest BCUT2D eigenvalue weighted by atomic mass is 9.90. The van der Waals surface area contributed by atoms with Crippen LogP contribution in [-0.2, 0) is 14.4 Å². The molecular weight excluding hydrogens is 448 g/mol. The highest BCUT2D eigenvalue weighted by Gasteiger charge is 2.60. The molecule has 2 amide bonds. The number of rotatable bonds is 3. The van der Waals surface area contributed by atoms with Gasteiger partial charge in [0.25, 0.3) is 5.91 Å². The molecule has 3 aromatic rings. The molecule has 2 aliphatic heterocycles. The van der Waals surface area contributed by atoms with Crippen LogP contribution in [0.15, 0.2) is 83.3 Å². The number of imide groups is 1. The molecule has 0 bridgehead atoms. The van der Waals surface area contributed by atoms with Crippen molar-refractivity contribution in [3.8, 4) is 5.75 Å². The Morgan fingerprint density at radius 3 is 2.23 bits per heavy atom. The number of carbonyl (C=O) groups is 2. The van der Waals surface area contributed by atoms with Crippen LogP contribution in [0, 0.1) is 5.92 Å². The maximum absolute atomic E-state index is 13.5. The quantitative estimate of drug-likeness (QED) is 0.588. The molecule has 0 radical (unpaired) electrons. The van der Waals surface area contributed by atoms with Crippen molar-refractivity contribution >= 4 is 39.1 Å². The van der Waals surface area contributed by atoms with E-state index in [4.69, 9.17) is 4.84 Å². The Labute approximate surface area is 181 Å². The summed E-state index contributed by atoms with van der Waals surface area (Å²) in [6.07, 6.45) is -0.921. The van der Waals surface area contributed by atoms with E-state index in [0.29, 0.717) is 5.69 Å². The Morgan fingerprint density at radius 1 is 0.833 bits per heavy atom. The van der Waals surface area contributed by atoms with E-state index in [2.05, 4.69) is 15.9 Å². The number of phenolic OH excluding ortho intramolecular Hbond substituents is 1. The van der Waals surface area contributed by atoms with E-state index in [1.165, 1.54) is 4.90 Å². The summed E-state index contributed by atoms with van der Waals surface area (Å²) in [4.78, 5) is 34.0. The summed E-state index contributed by atoms with van der Waals surface area (Å²) < 4.78 is 0.777. The maximum Gasteiger partial charge on any atom is 0.266 e. The molecule has 2 heterocycles. The lowest BCUT2D eigenvalue weighted by Crippen LogP contribution is -2.37. The molecule has 2 aliphatic rings. The van der Waals surface area contributed by atoms with Gasteiger partial charge in [-0.1, -0.05) is 52.3 Å². The van der Waals surface area contributed by atoms with Crippen molar-refractivity contribution in [1.29, 1.82) is 0 Å². The predicted molar refractivity (Wildman–Crippen MR) is 115 cm³/mol. The minimum Gasteiger partial charge on any atom is -0.508 e. The van der Waals surface area contributed by atoms with Gasteiger partial charge in [0.2, 0.25) is 5.91 Å². The number of hydrogen-bond donors (Lipinski definition) is 1. The molecule has 150 valence electrons. The zero-order chi connectivity index (χ0) is 20.8. The van der Waals surface area contributed by atoms with E-state index in [1.807, 2.05) is 36.4 Å². The predicted octanol–water partition coefficient (Wildman–Crippen LogP) is 4.21. The van der Waals surface area contributed by atoms with E-state index < -0.39 is 18.1 Å². The minimum atomic E-state index is -0.921. The molecule has 5 rings (SSSR count). The topological polar surface area (TPSA) is 70.1 Å². The number of phenols is 1. The minimum absolute atomic E-state index is 0.130. The SMILES string of the molecule is O=C1C2ON(c3ccccc3)C(c3ccc(O)cc3)C2C(=O)N1c1cccc(Br)c1. The van der Waals surface area contributed by atoms with Crippen LogP contribution < -0.4 is 9.96 Å². The molecule has 0 aliphatic carbocycles. The van der Waals surface area contributed by atoms with Crippen LogP contribution in [0.2, 0.25) is 0 Å². The summed E-state index contributed by atoms with van der Waals surface area (Å²) in [7, 11) is 0. The average molecular weight is 465 g/mol. The number of aromatic hydroxyl groups is 1. The highest BCUT2D eigenvalue weighted by Crippen LogP contribution is 2.47. The van der Waals surface area contributed by atoms with Gasteiger partial charge in [0, 0.05) is 4.47 Å². The molecular formula is C23H17BrN2O4. The molecule has 2 fully saturated rings. The Bertz CT molecular complexity index is 1120. The number of hydrogen-bond acceptors (Lipinski definition) is 5. The summed E-state index contributed by atoms with van der Waals surface area (Å²) >= 11 is 3.39. The van der Waals surface area contributed by atoms with Crippen molar-refractivity contribution in [3.05, 3.63) is 88.9 Å². The van der Waals surface area contributed by atoms with Crippen LogP contribution in [0.25, 0.3) is 0 Å². The largest absolute Gasteiger partial charge is 0.508 e. The second kappa shape index (κ2) is 7.27. The van der Waals surface area contributed by atoms with Gasteiger partial charge < -0.3 is 5.11 Å². The third-order valence-corrected chi connectivity index (χ3v) is 5.92.